The van der Waals surface area contributed by atoms with E-state index in [1.807, 2.05) is 32.9 Å². The topological polar surface area (TPSA) is 198 Å². The molecular weight excluding hydrogens is 664 g/mol. The number of carbonyl (C=O) groups excluding carboxylic acids is 2. The van der Waals surface area contributed by atoms with Gasteiger partial charge in [-0.3, -0.25) is 14.2 Å². The van der Waals surface area contributed by atoms with Crippen LogP contribution in [0.5, 0.6) is 23.0 Å². The van der Waals surface area contributed by atoms with Gasteiger partial charge >= 0.3 is 17.6 Å². The Hall–Kier alpha value is -6.70. The van der Waals surface area contributed by atoms with E-state index in [9.17, 15) is 19.8 Å². The number of aromatic nitrogens is 6. The summed E-state index contributed by atoms with van der Waals surface area (Å²) in [5.74, 6) is 0.707. The number of aromatic hydroxyl groups is 2. The quantitative estimate of drug-likeness (QED) is 0.122. The zero-order chi connectivity index (χ0) is 37.1. The smallest absolute Gasteiger partial charge is 0.334 e. The lowest BCUT2D eigenvalue weighted by Crippen LogP contribution is -2.41. The van der Waals surface area contributed by atoms with E-state index in [1.54, 1.807) is 89.0 Å². The number of ether oxygens (including phenoxy) is 2. The fourth-order valence-electron chi connectivity index (χ4n) is 5.93. The largest absolute Gasteiger partial charge is 0.508 e. The highest BCUT2D eigenvalue weighted by atomic mass is 16.5. The van der Waals surface area contributed by atoms with Crippen LogP contribution in [0.4, 0.5) is 0 Å². The summed E-state index contributed by atoms with van der Waals surface area (Å²) in [5, 5.41) is 33.9. The third-order valence-electron chi connectivity index (χ3n) is 8.91. The summed E-state index contributed by atoms with van der Waals surface area (Å²) in [5.41, 5.74) is 15.5. The summed E-state index contributed by atoms with van der Waals surface area (Å²) < 4.78 is 16.0. The van der Waals surface area contributed by atoms with Gasteiger partial charge in [0, 0.05) is 11.3 Å². The molecule has 1 unspecified atom stereocenters. The van der Waals surface area contributed by atoms with Crippen molar-refractivity contribution in [2.24, 2.45) is 11.5 Å². The van der Waals surface area contributed by atoms with Crippen molar-refractivity contribution in [3.63, 3.8) is 0 Å². The maximum atomic E-state index is 13.0. The summed E-state index contributed by atoms with van der Waals surface area (Å²) in [6, 6.07) is 24.1. The summed E-state index contributed by atoms with van der Waals surface area (Å²) >= 11 is 0. The van der Waals surface area contributed by atoms with E-state index in [1.165, 1.54) is 4.68 Å². The van der Waals surface area contributed by atoms with Crippen LogP contribution >= 0.6 is 0 Å². The first-order chi connectivity index (χ1) is 25.0. The Morgan fingerprint density at radius 2 is 1.52 bits per heavy atom. The van der Waals surface area contributed by atoms with Crippen LogP contribution < -0.4 is 25.5 Å². The zero-order valence-corrected chi connectivity index (χ0v) is 29.1. The number of rotatable bonds is 13. The summed E-state index contributed by atoms with van der Waals surface area (Å²) in [4.78, 5) is 25.4. The third-order valence-corrected chi connectivity index (χ3v) is 8.91. The number of carbonyl (C=O) groups is 2. The molecule has 2 heterocycles. The number of benzene rings is 4. The van der Waals surface area contributed by atoms with Crippen molar-refractivity contribution < 1.29 is 33.8 Å². The van der Waals surface area contributed by atoms with Gasteiger partial charge in [0.15, 0.2) is 5.82 Å². The van der Waals surface area contributed by atoms with E-state index < -0.39 is 11.8 Å². The Labute approximate surface area is 299 Å². The first kappa shape index (κ1) is 35.1. The van der Waals surface area contributed by atoms with E-state index in [0.717, 1.165) is 12.0 Å². The highest BCUT2D eigenvalue weighted by Crippen LogP contribution is 2.33. The number of amides is 2. The molecule has 6 rings (SSSR count). The van der Waals surface area contributed by atoms with E-state index >= 15 is 0 Å². The van der Waals surface area contributed by atoms with Gasteiger partial charge in [-0.2, -0.15) is 4.57 Å². The molecule has 0 aliphatic heterocycles. The molecule has 6 N–H and O–H groups in total. The van der Waals surface area contributed by atoms with Gasteiger partial charge < -0.3 is 31.2 Å². The molecule has 0 radical (unpaired) electrons. The molecule has 1 atom stereocenters. The van der Waals surface area contributed by atoms with Crippen LogP contribution in [0.2, 0.25) is 0 Å². The van der Waals surface area contributed by atoms with Crippen LogP contribution in [-0.4, -0.2) is 53.7 Å². The second-order valence-corrected chi connectivity index (χ2v) is 12.1. The Balaban J connectivity index is 1.36. The van der Waals surface area contributed by atoms with Crippen LogP contribution in [0.1, 0.15) is 65.5 Å². The minimum Gasteiger partial charge on any atom is -0.508 e. The number of nitrogens with two attached hydrogens (primary N) is 2. The van der Waals surface area contributed by atoms with E-state index in [2.05, 4.69) is 10.2 Å². The highest BCUT2D eigenvalue weighted by molar-refractivity contribution is 5.90. The molecule has 14 heteroatoms. The van der Waals surface area contributed by atoms with Crippen LogP contribution in [0.3, 0.4) is 0 Å². The van der Waals surface area contributed by atoms with Crippen molar-refractivity contribution in [1.29, 1.82) is 0 Å². The van der Waals surface area contributed by atoms with Gasteiger partial charge in [-0.25, -0.2) is 0 Å². The average Bonchev–Trinajstić information content (AvgIpc) is 3.77. The van der Waals surface area contributed by atoms with Crippen molar-refractivity contribution in [2.45, 2.75) is 46.3 Å². The molecule has 0 saturated carbocycles. The maximum Gasteiger partial charge on any atom is 0.334 e. The molecule has 266 valence electrons. The second-order valence-electron chi connectivity index (χ2n) is 12.1. The molecule has 14 nitrogen and oxygen atoms in total. The fourth-order valence-corrected chi connectivity index (χ4v) is 5.93. The predicted octanol–water partition coefficient (Wildman–Crippen LogP) is 4.80. The Kier molecular flexibility index (Phi) is 9.90. The van der Waals surface area contributed by atoms with E-state index in [0.29, 0.717) is 57.6 Å². The first-order valence-electron chi connectivity index (χ1n) is 16.7. The molecule has 2 amide bonds. The van der Waals surface area contributed by atoms with E-state index in [-0.39, 0.29) is 35.8 Å². The normalized spacial score (nSPS) is 11.7. The molecule has 0 aliphatic rings. The Morgan fingerprint density at radius 3 is 2.15 bits per heavy atom. The number of nitrogens with zero attached hydrogens (tertiary/aromatic N) is 6. The van der Waals surface area contributed by atoms with Crippen LogP contribution in [-0.2, 0) is 13.2 Å². The lowest BCUT2D eigenvalue weighted by atomic mass is 9.95. The molecule has 2 aromatic heterocycles. The van der Waals surface area contributed by atoms with E-state index in [4.69, 9.17) is 26.0 Å². The predicted molar refractivity (Wildman–Crippen MR) is 192 cm³/mol. The van der Waals surface area contributed by atoms with Crippen LogP contribution in [0, 0.1) is 0 Å². The van der Waals surface area contributed by atoms with Crippen molar-refractivity contribution in [3.05, 3.63) is 108 Å². The van der Waals surface area contributed by atoms with Crippen LogP contribution in [0.25, 0.3) is 34.2 Å². The van der Waals surface area contributed by atoms with Gasteiger partial charge in [-0.1, -0.05) is 25.5 Å². The van der Waals surface area contributed by atoms with Gasteiger partial charge in [0.1, 0.15) is 28.7 Å². The number of hydrogen-bond donors (Lipinski definition) is 4. The molecule has 0 aliphatic carbocycles. The second kappa shape index (κ2) is 14.6. The van der Waals surface area contributed by atoms with Crippen molar-refractivity contribution in [3.8, 4) is 57.1 Å². The summed E-state index contributed by atoms with van der Waals surface area (Å²) in [7, 11) is 1.56. The minimum atomic E-state index is -0.765. The lowest BCUT2D eigenvalue weighted by molar-refractivity contribution is -0.587. The minimum absolute atomic E-state index is 0.0498. The molecule has 0 bridgehead atoms. The molecule has 0 saturated heterocycles. The van der Waals surface area contributed by atoms with Crippen molar-refractivity contribution in [2.75, 3.05) is 7.11 Å². The van der Waals surface area contributed by atoms with Crippen LogP contribution in [0.15, 0.2) is 84.9 Å². The summed E-state index contributed by atoms with van der Waals surface area (Å²) in [6.07, 6.45) is 1.40. The van der Waals surface area contributed by atoms with Crippen molar-refractivity contribution >= 4 is 11.8 Å². The molecule has 6 aromatic rings. The van der Waals surface area contributed by atoms with Crippen molar-refractivity contribution in [1.82, 2.24) is 24.5 Å². The van der Waals surface area contributed by atoms with Gasteiger partial charge in [-0.15, -0.1) is 10.2 Å². The Bertz CT molecular complexity index is 2260. The maximum absolute atomic E-state index is 13.0. The fraction of sp³-hybridized carbons (Fsp3) is 0.211. The van der Waals surface area contributed by atoms with Gasteiger partial charge in [0.25, 0.3) is 5.91 Å². The van der Waals surface area contributed by atoms with Gasteiger partial charge in [0.05, 0.1) is 17.8 Å². The molecule has 52 heavy (non-hydrogen) atoms. The highest BCUT2D eigenvalue weighted by Gasteiger charge is 2.33. The van der Waals surface area contributed by atoms with Gasteiger partial charge in [-0.05, 0) is 115 Å². The molecular formula is C38H39N8O6+. The SMILES string of the molecule is CCc1cc(-c2nn(COc3ccc(-n4c(C(N)=O)nnc4-c4ccc(O)c(C(C)CC)c4)cc3)c(C(N)=O)[n+]2-c2ccc(OC)cc2)ccc1O. The summed E-state index contributed by atoms with van der Waals surface area (Å²) in [6.45, 7) is 5.79. The Morgan fingerprint density at radius 1 is 0.846 bits per heavy atom. The third kappa shape index (κ3) is 6.73. The average molecular weight is 704 g/mol. The number of phenols is 2. The number of hydrogen-bond acceptors (Lipinski definition) is 9. The number of primary amides is 2. The first-order valence-corrected chi connectivity index (χ1v) is 16.7. The number of aryl methyl sites for hydroxylation is 1. The number of methoxy groups -OCH3 is 1. The number of phenolic OH excluding ortho intramolecular Hbond substituents is 2. The van der Waals surface area contributed by atoms with Gasteiger partial charge in [0.2, 0.25) is 12.6 Å². The molecule has 0 spiro atoms. The monoisotopic (exact) mass is 703 g/mol. The lowest BCUT2D eigenvalue weighted by Gasteiger charge is -2.14. The zero-order valence-electron chi connectivity index (χ0n) is 29.1. The molecule has 4 aromatic carbocycles. The standard InChI is InChI=1S/C38H38N8O6/c1-5-22(3)30-20-25(8-18-32(30)48)35-41-42-37(33(39)49)45(35)26-11-15-29(16-12-26)52-21-44-38(34(40)50)46(27-9-13-28(51-4)14-10-27)36(43-44)24-7-17-31(47)23(6-2)19-24/h7-20,22H,5-6,21H2,1-4H3,(H5-,39,40,41,43,47,48,49,50)/p+1. The molecule has 0 fully saturated rings.